The zero-order valence-electron chi connectivity index (χ0n) is 11.9. The van der Waals surface area contributed by atoms with Crippen LogP contribution in [-0.4, -0.2) is 50.5 Å². The van der Waals surface area contributed by atoms with Crippen molar-refractivity contribution in [2.24, 2.45) is 11.8 Å². The van der Waals surface area contributed by atoms with Crippen molar-refractivity contribution in [3.63, 3.8) is 0 Å². The largest absolute Gasteiger partial charge is 0.379 e. The molecule has 3 heteroatoms. The SMILES string of the molecule is CC(C)CCOC[C@H]1CN(CC(C)C)CCO1. The van der Waals surface area contributed by atoms with Crippen molar-refractivity contribution in [1.29, 1.82) is 0 Å². The van der Waals surface area contributed by atoms with Gasteiger partial charge in [0.05, 0.1) is 19.3 Å². The van der Waals surface area contributed by atoms with Gasteiger partial charge in [0.25, 0.3) is 0 Å². The van der Waals surface area contributed by atoms with Crippen molar-refractivity contribution in [3.05, 3.63) is 0 Å². The standard InChI is InChI=1S/C14H29NO2/c1-12(2)5-7-16-11-14-10-15(6-8-17-14)9-13(3)4/h12-14H,5-11H2,1-4H3/t14-/m1/s1. The van der Waals surface area contributed by atoms with Gasteiger partial charge in [0.15, 0.2) is 0 Å². The number of hydrogen-bond acceptors (Lipinski definition) is 3. The summed E-state index contributed by atoms with van der Waals surface area (Å²) in [4.78, 5) is 2.49. The van der Waals surface area contributed by atoms with Crippen LogP contribution in [-0.2, 0) is 9.47 Å². The average Bonchev–Trinajstić information content (AvgIpc) is 2.24. The minimum absolute atomic E-state index is 0.273. The summed E-state index contributed by atoms with van der Waals surface area (Å²) in [7, 11) is 0. The van der Waals surface area contributed by atoms with Crippen LogP contribution in [0.15, 0.2) is 0 Å². The first-order valence-corrected chi connectivity index (χ1v) is 6.99. The van der Waals surface area contributed by atoms with Crippen molar-refractivity contribution in [1.82, 2.24) is 4.90 Å². The molecule has 0 unspecified atom stereocenters. The van der Waals surface area contributed by atoms with E-state index in [1.807, 2.05) is 0 Å². The summed E-state index contributed by atoms with van der Waals surface area (Å²) in [6.07, 6.45) is 1.41. The van der Waals surface area contributed by atoms with Gasteiger partial charge in [-0.05, 0) is 18.3 Å². The average molecular weight is 243 g/mol. The van der Waals surface area contributed by atoms with Crippen LogP contribution in [0.5, 0.6) is 0 Å². The fourth-order valence-electron chi connectivity index (χ4n) is 2.10. The molecule has 1 aliphatic heterocycles. The van der Waals surface area contributed by atoms with Gasteiger partial charge in [0, 0.05) is 26.2 Å². The molecule has 1 saturated heterocycles. The van der Waals surface area contributed by atoms with Gasteiger partial charge in [0.2, 0.25) is 0 Å². The Morgan fingerprint density at radius 1 is 1.24 bits per heavy atom. The summed E-state index contributed by atoms with van der Waals surface area (Å²) >= 11 is 0. The van der Waals surface area contributed by atoms with Crippen LogP contribution in [0.4, 0.5) is 0 Å². The van der Waals surface area contributed by atoms with Crippen molar-refractivity contribution >= 4 is 0 Å². The first-order chi connectivity index (χ1) is 8.08. The molecular formula is C14H29NO2. The first-order valence-electron chi connectivity index (χ1n) is 6.99. The first kappa shape index (κ1) is 14.9. The molecule has 0 aliphatic carbocycles. The third-order valence-corrected chi connectivity index (χ3v) is 2.99. The lowest BCUT2D eigenvalue weighted by atomic mass is 10.1. The van der Waals surface area contributed by atoms with Crippen LogP contribution >= 0.6 is 0 Å². The van der Waals surface area contributed by atoms with Crippen LogP contribution in [0.3, 0.4) is 0 Å². The van der Waals surface area contributed by atoms with E-state index in [0.717, 1.165) is 51.2 Å². The van der Waals surface area contributed by atoms with Crippen LogP contribution in [0.2, 0.25) is 0 Å². The number of rotatable bonds is 7. The molecule has 1 fully saturated rings. The second-order valence-electron chi connectivity index (χ2n) is 5.90. The smallest absolute Gasteiger partial charge is 0.0935 e. The highest BCUT2D eigenvalue weighted by Gasteiger charge is 2.20. The fourth-order valence-corrected chi connectivity index (χ4v) is 2.10. The topological polar surface area (TPSA) is 21.7 Å². The molecule has 102 valence electrons. The Morgan fingerprint density at radius 2 is 2.00 bits per heavy atom. The Balaban J connectivity index is 2.12. The maximum absolute atomic E-state index is 5.73. The molecule has 1 heterocycles. The Hall–Kier alpha value is -0.120. The van der Waals surface area contributed by atoms with Gasteiger partial charge >= 0.3 is 0 Å². The summed E-state index contributed by atoms with van der Waals surface area (Å²) in [6, 6.07) is 0. The van der Waals surface area contributed by atoms with Gasteiger partial charge in [-0.2, -0.15) is 0 Å². The van der Waals surface area contributed by atoms with Crippen molar-refractivity contribution in [3.8, 4) is 0 Å². The molecule has 1 rings (SSSR count). The minimum Gasteiger partial charge on any atom is -0.379 e. The third-order valence-electron chi connectivity index (χ3n) is 2.99. The van der Waals surface area contributed by atoms with Gasteiger partial charge in [-0.3, -0.25) is 4.90 Å². The highest BCUT2D eigenvalue weighted by Crippen LogP contribution is 2.09. The normalized spacial score (nSPS) is 22.6. The molecule has 1 atom stereocenters. The summed E-state index contributed by atoms with van der Waals surface area (Å²) in [5.41, 5.74) is 0. The Kier molecular flexibility index (Phi) is 7.09. The Morgan fingerprint density at radius 3 is 2.65 bits per heavy atom. The van der Waals surface area contributed by atoms with Gasteiger partial charge in [-0.15, -0.1) is 0 Å². The van der Waals surface area contributed by atoms with Crippen molar-refractivity contribution in [2.45, 2.75) is 40.2 Å². The lowest BCUT2D eigenvalue weighted by molar-refractivity contribution is -0.0719. The highest BCUT2D eigenvalue weighted by atomic mass is 16.5. The number of hydrogen-bond donors (Lipinski definition) is 0. The molecule has 1 aliphatic rings. The second-order valence-corrected chi connectivity index (χ2v) is 5.90. The maximum Gasteiger partial charge on any atom is 0.0935 e. The van der Waals surface area contributed by atoms with E-state index in [-0.39, 0.29) is 6.10 Å². The van der Waals surface area contributed by atoms with E-state index in [9.17, 15) is 0 Å². The molecule has 0 spiro atoms. The zero-order valence-corrected chi connectivity index (χ0v) is 11.9. The van der Waals surface area contributed by atoms with E-state index >= 15 is 0 Å². The van der Waals surface area contributed by atoms with E-state index in [2.05, 4.69) is 32.6 Å². The molecular weight excluding hydrogens is 214 g/mol. The Labute approximate surface area is 106 Å². The molecule has 0 aromatic heterocycles. The molecule has 0 radical (unpaired) electrons. The molecule has 0 bridgehead atoms. The Bertz CT molecular complexity index is 195. The summed E-state index contributed by atoms with van der Waals surface area (Å²) in [5.74, 6) is 1.45. The quantitative estimate of drug-likeness (QED) is 0.641. The summed E-state index contributed by atoms with van der Waals surface area (Å²) in [6.45, 7) is 14.7. The van der Waals surface area contributed by atoms with E-state index in [1.165, 1.54) is 6.54 Å². The van der Waals surface area contributed by atoms with Crippen LogP contribution in [0.25, 0.3) is 0 Å². The fraction of sp³-hybridized carbons (Fsp3) is 1.00. The molecule has 0 aromatic carbocycles. The van der Waals surface area contributed by atoms with Crippen molar-refractivity contribution in [2.75, 3.05) is 39.5 Å². The molecule has 0 aromatic rings. The van der Waals surface area contributed by atoms with E-state index in [0.29, 0.717) is 0 Å². The van der Waals surface area contributed by atoms with E-state index < -0.39 is 0 Å². The zero-order chi connectivity index (χ0) is 12.7. The van der Waals surface area contributed by atoms with Gasteiger partial charge < -0.3 is 9.47 Å². The predicted molar refractivity (Wildman–Crippen MR) is 71.3 cm³/mol. The number of morpholine rings is 1. The number of ether oxygens (including phenoxy) is 2. The minimum atomic E-state index is 0.273. The summed E-state index contributed by atoms with van der Waals surface area (Å²) in [5, 5.41) is 0. The predicted octanol–water partition coefficient (Wildman–Crippen LogP) is 2.41. The lowest BCUT2D eigenvalue weighted by Crippen LogP contribution is -2.45. The molecule has 0 N–H and O–H groups in total. The molecule has 0 amide bonds. The van der Waals surface area contributed by atoms with E-state index in [4.69, 9.17) is 9.47 Å². The van der Waals surface area contributed by atoms with Crippen LogP contribution in [0.1, 0.15) is 34.1 Å². The maximum atomic E-state index is 5.73. The number of nitrogens with zero attached hydrogens (tertiary/aromatic N) is 1. The lowest BCUT2D eigenvalue weighted by Gasteiger charge is -2.33. The van der Waals surface area contributed by atoms with Gasteiger partial charge in [-0.1, -0.05) is 27.7 Å². The van der Waals surface area contributed by atoms with Crippen molar-refractivity contribution < 1.29 is 9.47 Å². The highest BCUT2D eigenvalue weighted by molar-refractivity contribution is 4.72. The third kappa shape index (κ3) is 7.02. The van der Waals surface area contributed by atoms with Crippen LogP contribution in [0, 0.1) is 11.8 Å². The monoisotopic (exact) mass is 243 g/mol. The van der Waals surface area contributed by atoms with E-state index in [1.54, 1.807) is 0 Å². The van der Waals surface area contributed by atoms with Gasteiger partial charge in [-0.25, -0.2) is 0 Å². The molecule has 0 saturated carbocycles. The second kappa shape index (κ2) is 8.06. The summed E-state index contributed by atoms with van der Waals surface area (Å²) < 4.78 is 11.4. The molecule has 17 heavy (non-hydrogen) atoms. The van der Waals surface area contributed by atoms with Crippen LogP contribution < -0.4 is 0 Å². The van der Waals surface area contributed by atoms with Gasteiger partial charge in [0.1, 0.15) is 0 Å². The molecule has 3 nitrogen and oxygen atoms in total.